The van der Waals surface area contributed by atoms with E-state index in [2.05, 4.69) is 5.32 Å². The van der Waals surface area contributed by atoms with E-state index < -0.39 is 0 Å². The van der Waals surface area contributed by atoms with Crippen LogP contribution in [0.15, 0.2) is 0 Å². The largest absolute Gasteiger partial charge is 0.338 e. The number of thioether (sulfide) groups is 1. The van der Waals surface area contributed by atoms with Crippen molar-refractivity contribution in [3.05, 3.63) is 0 Å². The highest BCUT2D eigenvalue weighted by molar-refractivity contribution is 7.99. The van der Waals surface area contributed by atoms with Crippen LogP contribution in [-0.2, 0) is 0 Å². The van der Waals surface area contributed by atoms with Crippen molar-refractivity contribution in [1.82, 2.24) is 10.2 Å². The van der Waals surface area contributed by atoms with E-state index in [9.17, 15) is 4.79 Å². The topological polar surface area (TPSA) is 32.3 Å². The van der Waals surface area contributed by atoms with Crippen molar-refractivity contribution < 1.29 is 4.79 Å². The number of hydrogen-bond acceptors (Lipinski definition) is 2. The number of nitrogens with zero attached hydrogens (tertiary/aromatic N) is 1. The number of nitrogens with one attached hydrogen (secondary N) is 1. The SMILES string of the molecule is O=C(NCC1CCSCC1)N1CCCCCC1. The molecule has 4 heteroatoms. The van der Waals surface area contributed by atoms with Crippen LogP contribution in [0.1, 0.15) is 38.5 Å². The van der Waals surface area contributed by atoms with Gasteiger partial charge in [-0.25, -0.2) is 4.79 Å². The third-order valence-corrected chi connectivity index (χ3v) is 4.82. The smallest absolute Gasteiger partial charge is 0.317 e. The molecule has 2 aliphatic rings. The van der Waals surface area contributed by atoms with E-state index in [-0.39, 0.29) is 6.03 Å². The Morgan fingerprint density at radius 2 is 1.76 bits per heavy atom. The molecule has 0 aromatic heterocycles. The van der Waals surface area contributed by atoms with Gasteiger partial charge in [-0.1, -0.05) is 12.8 Å². The maximum absolute atomic E-state index is 12.0. The molecule has 2 rings (SSSR count). The molecular formula is C13H24N2OS. The predicted molar refractivity (Wildman–Crippen MR) is 73.5 cm³/mol. The van der Waals surface area contributed by atoms with E-state index in [0.717, 1.165) is 19.6 Å². The lowest BCUT2D eigenvalue weighted by Gasteiger charge is -2.25. The van der Waals surface area contributed by atoms with Gasteiger partial charge in [0, 0.05) is 19.6 Å². The van der Waals surface area contributed by atoms with Gasteiger partial charge in [0.15, 0.2) is 0 Å². The lowest BCUT2D eigenvalue weighted by Crippen LogP contribution is -2.42. The summed E-state index contributed by atoms with van der Waals surface area (Å²) in [6.45, 7) is 2.79. The third-order valence-electron chi connectivity index (χ3n) is 3.78. The maximum atomic E-state index is 12.0. The lowest BCUT2D eigenvalue weighted by molar-refractivity contribution is 0.197. The molecule has 2 heterocycles. The number of urea groups is 1. The van der Waals surface area contributed by atoms with E-state index in [1.807, 2.05) is 16.7 Å². The van der Waals surface area contributed by atoms with Gasteiger partial charge < -0.3 is 10.2 Å². The molecule has 98 valence electrons. The third kappa shape index (κ3) is 4.41. The van der Waals surface area contributed by atoms with Gasteiger partial charge in [-0.05, 0) is 43.1 Å². The molecule has 0 unspecified atom stereocenters. The lowest BCUT2D eigenvalue weighted by atomic mass is 10.0. The van der Waals surface area contributed by atoms with Gasteiger partial charge in [0.25, 0.3) is 0 Å². The summed E-state index contributed by atoms with van der Waals surface area (Å²) >= 11 is 2.04. The molecule has 0 atom stereocenters. The van der Waals surface area contributed by atoms with Crippen LogP contribution in [0.2, 0.25) is 0 Å². The number of hydrogen-bond donors (Lipinski definition) is 1. The van der Waals surface area contributed by atoms with Crippen LogP contribution in [0.3, 0.4) is 0 Å². The van der Waals surface area contributed by atoms with Crippen LogP contribution >= 0.6 is 11.8 Å². The fourth-order valence-electron chi connectivity index (χ4n) is 2.57. The quantitative estimate of drug-likeness (QED) is 0.824. The molecule has 0 aromatic carbocycles. The van der Waals surface area contributed by atoms with E-state index in [4.69, 9.17) is 0 Å². The fourth-order valence-corrected chi connectivity index (χ4v) is 3.77. The van der Waals surface area contributed by atoms with Gasteiger partial charge in [0.05, 0.1) is 0 Å². The van der Waals surface area contributed by atoms with Crippen molar-refractivity contribution >= 4 is 17.8 Å². The zero-order chi connectivity index (χ0) is 11.9. The van der Waals surface area contributed by atoms with Gasteiger partial charge in [-0.3, -0.25) is 0 Å². The first-order valence-electron chi connectivity index (χ1n) is 6.97. The van der Waals surface area contributed by atoms with E-state index in [0.29, 0.717) is 5.92 Å². The van der Waals surface area contributed by atoms with Crippen LogP contribution < -0.4 is 5.32 Å². The highest BCUT2D eigenvalue weighted by atomic mass is 32.2. The summed E-state index contributed by atoms with van der Waals surface area (Å²) in [6, 6.07) is 0.171. The molecule has 0 aliphatic carbocycles. The van der Waals surface area contributed by atoms with Crippen molar-refractivity contribution in [3.8, 4) is 0 Å². The normalized spacial score (nSPS) is 23.2. The molecule has 0 bridgehead atoms. The monoisotopic (exact) mass is 256 g/mol. The summed E-state index contributed by atoms with van der Waals surface area (Å²) in [5.41, 5.74) is 0. The Labute approximate surface area is 109 Å². The average Bonchev–Trinajstić information content (AvgIpc) is 2.66. The minimum atomic E-state index is 0.171. The van der Waals surface area contributed by atoms with Crippen LogP contribution in [0.4, 0.5) is 4.79 Å². The second-order valence-corrected chi connectivity index (χ2v) is 6.37. The summed E-state index contributed by atoms with van der Waals surface area (Å²) in [5, 5.41) is 3.13. The van der Waals surface area contributed by atoms with Crippen molar-refractivity contribution in [2.24, 2.45) is 5.92 Å². The zero-order valence-electron chi connectivity index (χ0n) is 10.6. The molecule has 0 saturated carbocycles. The van der Waals surface area contributed by atoms with Gasteiger partial charge in [-0.2, -0.15) is 11.8 Å². The van der Waals surface area contributed by atoms with Crippen molar-refractivity contribution in [2.45, 2.75) is 38.5 Å². The summed E-state index contributed by atoms with van der Waals surface area (Å²) < 4.78 is 0. The van der Waals surface area contributed by atoms with E-state index in [1.54, 1.807) is 0 Å². The Hall–Kier alpha value is -0.380. The first-order chi connectivity index (χ1) is 8.36. The predicted octanol–water partition coefficient (Wildman–Crippen LogP) is 2.72. The van der Waals surface area contributed by atoms with Crippen LogP contribution in [0.25, 0.3) is 0 Å². The first-order valence-corrected chi connectivity index (χ1v) is 8.12. The summed E-state index contributed by atoms with van der Waals surface area (Å²) in [4.78, 5) is 14.0. The minimum absolute atomic E-state index is 0.171. The molecule has 17 heavy (non-hydrogen) atoms. The Morgan fingerprint density at radius 1 is 1.12 bits per heavy atom. The van der Waals surface area contributed by atoms with Crippen molar-refractivity contribution in [1.29, 1.82) is 0 Å². The molecule has 0 aromatic rings. The summed E-state index contributed by atoms with van der Waals surface area (Å²) in [7, 11) is 0. The molecule has 0 spiro atoms. The number of likely N-dealkylation sites (tertiary alicyclic amines) is 1. The second-order valence-electron chi connectivity index (χ2n) is 5.14. The second kappa shape index (κ2) is 7.14. The molecule has 2 saturated heterocycles. The van der Waals surface area contributed by atoms with E-state index >= 15 is 0 Å². The van der Waals surface area contributed by atoms with Crippen LogP contribution in [-0.4, -0.2) is 42.1 Å². The molecule has 1 N–H and O–H groups in total. The molecule has 0 radical (unpaired) electrons. The Balaban J connectivity index is 1.68. The van der Waals surface area contributed by atoms with Gasteiger partial charge >= 0.3 is 6.03 Å². The Kier molecular flexibility index (Phi) is 5.49. The van der Waals surface area contributed by atoms with Crippen LogP contribution in [0, 0.1) is 5.92 Å². The summed E-state index contributed by atoms with van der Waals surface area (Å²) in [5.74, 6) is 3.25. The van der Waals surface area contributed by atoms with Crippen LogP contribution in [0.5, 0.6) is 0 Å². The van der Waals surface area contributed by atoms with Crippen molar-refractivity contribution in [3.63, 3.8) is 0 Å². The molecule has 2 aliphatic heterocycles. The number of carbonyl (C=O) groups excluding carboxylic acids is 1. The Bertz CT molecular complexity index is 234. The van der Waals surface area contributed by atoms with Gasteiger partial charge in [0.1, 0.15) is 0 Å². The maximum Gasteiger partial charge on any atom is 0.317 e. The van der Waals surface area contributed by atoms with Gasteiger partial charge in [0.2, 0.25) is 0 Å². The number of rotatable bonds is 2. The standard InChI is InChI=1S/C13H24N2OS/c16-13(15-7-3-1-2-4-8-15)14-11-12-5-9-17-10-6-12/h12H,1-11H2,(H,14,16). The zero-order valence-corrected chi connectivity index (χ0v) is 11.4. The summed E-state index contributed by atoms with van der Waals surface area (Å²) in [6.07, 6.45) is 7.45. The molecule has 2 fully saturated rings. The number of amides is 2. The Morgan fingerprint density at radius 3 is 2.41 bits per heavy atom. The fraction of sp³-hybridized carbons (Fsp3) is 0.923. The van der Waals surface area contributed by atoms with Crippen molar-refractivity contribution in [2.75, 3.05) is 31.1 Å². The molecule has 3 nitrogen and oxygen atoms in total. The van der Waals surface area contributed by atoms with E-state index in [1.165, 1.54) is 50.0 Å². The highest BCUT2D eigenvalue weighted by Gasteiger charge is 2.18. The molecular weight excluding hydrogens is 232 g/mol. The molecule has 2 amide bonds. The van der Waals surface area contributed by atoms with Gasteiger partial charge in [-0.15, -0.1) is 0 Å². The average molecular weight is 256 g/mol. The number of carbonyl (C=O) groups is 1. The first kappa shape index (κ1) is 13.1. The minimum Gasteiger partial charge on any atom is -0.338 e. The highest BCUT2D eigenvalue weighted by Crippen LogP contribution is 2.21.